The molecule has 0 radical (unpaired) electrons. The number of aromatic hydroxyl groups is 1. The van der Waals surface area contributed by atoms with Crippen molar-refractivity contribution >= 4 is 19.5 Å². The van der Waals surface area contributed by atoms with Gasteiger partial charge in [0.2, 0.25) is 0 Å². The third-order valence-electron chi connectivity index (χ3n) is 2.49. The number of rotatable bonds is 8. The van der Waals surface area contributed by atoms with Crippen molar-refractivity contribution in [2.24, 2.45) is 0 Å². The molecule has 0 aliphatic rings. The summed E-state index contributed by atoms with van der Waals surface area (Å²) in [7, 11) is 0. The quantitative estimate of drug-likeness (QED) is 0.589. The topological polar surface area (TPSA) is 33.1 Å². The molecule has 0 fully saturated rings. The fourth-order valence-electron chi connectivity index (χ4n) is 1.54. The third-order valence-corrected chi connectivity index (χ3v) is 4.76. The Morgan fingerprint density at radius 1 is 1.19 bits per heavy atom. The van der Waals surface area contributed by atoms with Crippen LogP contribution in [0.3, 0.4) is 0 Å². The molecule has 0 spiro atoms. The first kappa shape index (κ1) is 13.5. The van der Waals surface area contributed by atoms with Crippen LogP contribution in [0.2, 0.25) is 5.32 Å². The van der Waals surface area contributed by atoms with Gasteiger partial charge in [-0.15, -0.1) is 0 Å². The van der Waals surface area contributed by atoms with E-state index in [9.17, 15) is 5.11 Å². The van der Waals surface area contributed by atoms with E-state index in [1.165, 1.54) is 43.8 Å². The minimum atomic E-state index is 0.343. The molecule has 0 aliphatic heterocycles. The van der Waals surface area contributed by atoms with Crippen LogP contribution in [-0.2, 0) is 0 Å². The average molecular weight is 286 g/mol. The predicted molar refractivity (Wildman–Crippen MR) is 69.5 cm³/mol. The van der Waals surface area contributed by atoms with Gasteiger partial charge in [0.25, 0.3) is 0 Å². The first-order valence-electron chi connectivity index (χ1n) is 6.11. The van der Waals surface area contributed by atoms with E-state index in [4.69, 9.17) is 0 Å². The predicted octanol–water partition coefficient (Wildman–Crippen LogP) is 2.90. The number of hydrogen-bond acceptors (Lipinski definition) is 2. The first-order chi connectivity index (χ1) is 7.84. The van der Waals surface area contributed by atoms with Crippen LogP contribution in [0.5, 0.6) is 5.75 Å². The van der Waals surface area contributed by atoms with E-state index < -0.39 is 0 Å². The second-order valence-electron chi connectivity index (χ2n) is 3.94. The van der Waals surface area contributed by atoms with Gasteiger partial charge in [0.15, 0.2) is 0 Å². The molecule has 1 aromatic rings. The Labute approximate surface area is 105 Å². The van der Waals surface area contributed by atoms with Gasteiger partial charge in [-0.05, 0) is 0 Å². The van der Waals surface area contributed by atoms with E-state index >= 15 is 0 Å². The number of unbranched alkanes of at least 4 members (excludes halogenated alkanes) is 5. The van der Waals surface area contributed by atoms with Gasteiger partial charge in [-0.25, -0.2) is 0 Å². The number of aromatic nitrogens is 1. The molecule has 90 valence electrons. The van der Waals surface area contributed by atoms with E-state index in [1.54, 1.807) is 18.3 Å². The molecule has 0 aliphatic carbocycles. The Morgan fingerprint density at radius 2 is 1.94 bits per heavy atom. The zero-order valence-electron chi connectivity index (χ0n) is 9.98. The summed E-state index contributed by atoms with van der Waals surface area (Å²) in [5.41, 5.74) is 0. The van der Waals surface area contributed by atoms with Gasteiger partial charge in [0, 0.05) is 0 Å². The minimum absolute atomic E-state index is 0.343. The van der Waals surface area contributed by atoms with Crippen molar-refractivity contribution in [3.05, 3.63) is 18.3 Å². The zero-order valence-corrected chi connectivity index (χ0v) is 11.7. The van der Waals surface area contributed by atoms with E-state index in [2.05, 4.69) is 11.9 Å². The van der Waals surface area contributed by atoms with E-state index in [-0.39, 0.29) is 0 Å². The second kappa shape index (κ2) is 8.60. The van der Waals surface area contributed by atoms with Crippen molar-refractivity contribution < 1.29 is 5.11 Å². The van der Waals surface area contributed by atoms with E-state index in [1.807, 2.05) is 0 Å². The molecule has 2 nitrogen and oxygen atoms in total. The summed E-state index contributed by atoms with van der Waals surface area (Å²) in [5, 5.41) is 10.7. The summed E-state index contributed by atoms with van der Waals surface area (Å²) in [6.45, 7) is 2.24. The monoisotopic (exact) mass is 287 g/mol. The molecule has 1 N–H and O–H groups in total. The Hall–Kier alpha value is -0.531. The van der Waals surface area contributed by atoms with Crippen molar-refractivity contribution in [1.29, 1.82) is 0 Å². The van der Waals surface area contributed by atoms with Gasteiger partial charge in [-0.3, -0.25) is 0 Å². The van der Waals surface area contributed by atoms with Crippen LogP contribution < -0.4 is 4.59 Å². The zero-order chi connectivity index (χ0) is 11.6. The van der Waals surface area contributed by atoms with Crippen LogP contribution in [0.15, 0.2) is 18.3 Å². The maximum absolute atomic E-state index is 9.54. The molecule has 0 unspecified atom stereocenters. The Morgan fingerprint density at radius 3 is 2.69 bits per heavy atom. The van der Waals surface area contributed by atoms with Gasteiger partial charge in [0.1, 0.15) is 0 Å². The Kier molecular flexibility index (Phi) is 7.28. The van der Waals surface area contributed by atoms with Crippen molar-refractivity contribution in [3.63, 3.8) is 0 Å². The summed E-state index contributed by atoms with van der Waals surface area (Å²) in [6, 6.07) is 3.50. The van der Waals surface area contributed by atoms with E-state index in [0.717, 1.165) is 4.59 Å². The van der Waals surface area contributed by atoms with Crippen molar-refractivity contribution in [2.75, 3.05) is 0 Å². The van der Waals surface area contributed by atoms with Gasteiger partial charge in [0.05, 0.1) is 0 Å². The van der Waals surface area contributed by atoms with Crippen LogP contribution in [0.4, 0.5) is 0 Å². The van der Waals surface area contributed by atoms with Crippen LogP contribution in [-0.4, -0.2) is 25.0 Å². The first-order valence-corrected chi connectivity index (χ1v) is 8.18. The molecule has 0 aromatic carbocycles. The van der Waals surface area contributed by atoms with Crippen LogP contribution in [0, 0.1) is 0 Å². The van der Waals surface area contributed by atoms with Gasteiger partial charge >= 0.3 is 104 Å². The van der Waals surface area contributed by atoms with Gasteiger partial charge in [-0.2, -0.15) is 0 Å². The molecule has 1 heterocycles. The molecule has 0 bridgehead atoms. The molecular formula is C13H21NOSe. The summed E-state index contributed by atoms with van der Waals surface area (Å²) < 4.78 is 0.906. The molecular weight excluding hydrogens is 265 g/mol. The summed E-state index contributed by atoms with van der Waals surface area (Å²) >= 11 is 0.343. The second-order valence-corrected chi connectivity index (χ2v) is 6.22. The van der Waals surface area contributed by atoms with E-state index in [0.29, 0.717) is 20.7 Å². The SMILES string of the molecule is CCCCCCCC[Se]c1ncccc1O. The summed E-state index contributed by atoms with van der Waals surface area (Å²) in [5.74, 6) is 0.369. The van der Waals surface area contributed by atoms with Crippen LogP contribution in [0.1, 0.15) is 45.4 Å². The summed E-state index contributed by atoms with van der Waals surface area (Å²) in [4.78, 5) is 4.20. The normalized spacial score (nSPS) is 10.6. The van der Waals surface area contributed by atoms with Crippen molar-refractivity contribution in [3.8, 4) is 5.75 Å². The van der Waals surface area contributed by atoms with Crippen LogP contribution in [0.25, 0.3) is 0 Å². The molecule has 3 heteroatoms. The molecule has 0 saturated carbocycles. The van der Waals surface area contributed by atoms with Gasteiger partial charge in [-0.1, -0.05) is 0 Å². The number of nitrogens with zero attached hydrogens (tertiary/aromatic N) is 1. The fourth-order valence-corrected chi connectivity index (χ4v) is 3.42. The third kappa shape index (κ3) is 5.53. The molecule has 0 saturated heterocycles. The van der Waals surface area contributed by atoms with Crippen molar-refractivity contribution in [1.82, 2.24) is 4.98 Å². The number of pyridine rings is 1. The molecule has 16 heavy (non-hydrogen) atoms. The number of hydrogen-bond donors (Lipinski definition) is 1. The molecule has 1 rings (SSSR count). The fraction of sp³-hybridized carbons (Fsp3) is 0.615. The average Bonchev–Trinajstić information content (AvgIpc) is 2.30. The molecule has 0 amide bonds. The van der Waals surface area contributed by atoms with Gasteiger partial charge < -0.3 is 0 Å². The van der Waals surface area contributed by atoms with Crippen molar-refractivity contribution in [2.45, 2.75) is 50.8 Å². The Balaban J connectivity index is 2.05. The van der Waals surface area contributed by atoms with Crippen LogP contribution >= 0.6 is 0 Å². The maximum atomic E-state index is 9.54. The summed E-state index contributed by atoms with van der Waals surface area (Å²) in [6.07, 6.45) is 9.78. The Bertz CT molecular complexity index is 291. The molecule has 1 aromatic heterocycles. The standard InChI is InChI=1S/C13H21NOSe/c1-2-3-4-5-6-7-11-16-13-12(15)9-8-10-14-13/h8-10,15H,2-7,11H2,1H3. The molecule has 0 atom stereocenters.